The summed E-state index contributed by atoms with van der Waals surface area (Å²) in [5.74, 6) is 0. The number of nitrogens with one attached hydrogen (secondary N) is 1. The van der Waals surface area contributed by atoms with Crippen LogP contribution in [-0.2, 0) is 13.0 Å². The first-order chi connectivity index (χ1) is 9.99. The third kappa shape index (κ3) is 3.25. The number of aryl methyl sites for hydroxylation is 2. The zero-order valence-corrected chi connectivity index (χ0v) is 14.4. The average Bonchev–Trinajstić information content (AvgIpc) is 2.75. The van der Waals surface area contributed by atoms with Crippen molar-refractivity contribution in [1.29, 1.82) is 0 Å². The van der Waals surface area contributed by atoms with E-state index in [1.54, 1.807) is 0 Å². The second-order valence-electron chi connectivity index (χ2n) is 5.16. The average molecular weight is 326 g/mol. The maximum absolute atomic E-state index is 6.42. The lowest BCUT2D eigenvalue weighted by atomic mass is 9.97. The highest BCUT2D eigenvalue weighted by Crippen LogP contribution is 2.29. The van der Waals surface area contributed by atoms with Crippen molar-refractivity contribution in [3.8, 4) is 0 Å². The Kier molecular flexibility index (Phi) is 5.31. The smallest absolute Gasteiger partial charge is 0.0847 e. The Balaban J connectivity index is 2.38. The molecule has 1 N–H and O–H groups in total. The van der Waals surface area contributed by atoms with E-state index >= 15 is 0 Å². The van der Waals surface area contributed by atoms with Crippen LogP contribution in [-0.4, -0.2) is 16.8 Å². The van der Waals surface area contributed by atoms with Crippen LogP contribution in [0.15, 0.2) is 18.2 Å². The second-order valence-corrected chi connectivity index (χ2v) is 5.95. The highest BCUT2D eigenvalue weighted by atomic mass is 35.5. The van der Waals surface area contributed by atoms with Gasteiger partial charge in [0.05, 0.1) is 16.4 Å². The molecule has 1 atom stereocenters. The summed E-state index contributed by atoms with van der Waals surface area (Å²) in [5.41, 5.74) is 4.25. The molecule has 0 saturated heterocycles. The molecule has 1 heterocycles. The van der Waals surface area contributed by atoms with E-state index in [1.165, 1.54) is 5.56 Å². The topological polar surface area (TPSA) is 29.9 Å². The Bertz CT molecular complexity index is 635. The summed E-state index contributed by atoms with van der Waals surface area (Å²) >= 11 is 12.7. The van der Waals surface area contributed by atoms with Crippen molar-refractivity contribution in [1.82, 2.24) is 15.1 Å². The summed E-state index contributed by atoms with van der Waals surface area (Å²) < 4.78 is 1.97. The van der Waals surface area contributed by atoms with Crippen molar-refractivity contribution in [3.05, 3.63) is 50.8 Å². The van der Waals surface area contributed by atoms with Crippen LogP contribution in [0.1, 0.15) is 35.5 Å². The van der Waals surface area contributed by atoms with Gasteiger partial charge in [0, 0.05) is 24.0 Å². The summed E-state index contributed by atoms with van der Waals surface area (Å²) in [6.07, 6.45) is 0.783. The minimum absolute atomic E-state index is 0.155. The van der Waals surface area contributed by atoms with E-state index in [1.807, 2.05) is 37.7 Å². The summed E-state index contributed by atoms with van der Waals surface area (Å²) in [6.45, 7) is 6.88. The molecule has 0 spiro atoms. The molecule has 5 heteroatoms. The largest absolute Gasteiger partial charge is 0.313 e. The Hall–Kier alpha value is -1.03. The first-order valence-corrected chi connectivity index (χ1v) is 7.89. The molecular weight excluding hydrogens is 305 g/mol. The van der Waals surface area contributed by atoms with Crippen LogP contribution >= 0.6 is 23.2 Å². The van der Waals surface area contributed by atoms with E-state index in [-0.39, 0.29) is 6.04 Å². The lowest BCUT2D eigenvalue weighted by molar-refractivity contribution is 0.539. The van der Waals surface area contributed by atoms with Crippen LogP contribution in [0.25, 0.3) is 0 Å². The number of benzene rings is 1. The monoisotopic (exact) mass is 325 g/mol. The molecule has 2 aromatic rings. The predicted molar refractivity (Wildman–Crippen MR) is 89.3 cm³/mol. The third-order valence-electron chi connectivity index (χ3n) is 3.88. The van der Waals surface area contributed by atoms with Crippen molar-refractivity contribution < 1.29 is 0 Å². The Morgan fingerprint density at radius 3 is 2.62 bits per heavy atom. The molecular formula is C16H21Cl2N3. The summed E-state index contributed by atoms with van der Waals surface area (Å²) in [6, 6.07) is 6.16. The van der Waals surface area contributed by atoms with E-state index < -0.39 is 0 Å². The molecule has 2 rings (SSSR count). The molecule has 3 nitrogen and oxygen atoms in total. The van der Waals surface area contributed by atoms with E-state index in [4.69, 9.17) is 23.2 Å². The van der Waals surface area contributed by atoms with Gasteiger partial charge >= 0.3 is 0 Å². The molecule has 0 fully saturated rings. The van der Waals surface area contributed by atoms with Gasteiger partial charge in [-0.2, -0.15) is 5.10 Å². The Morgan fingerprint density at radius 1 is 1.29 bits per heavy atom. The number of aromatic nitrogens is 2. The number of halogens is 2. The van der Waals surface area contributed by atoms with Crippen LogP contribution in [0.3, 0.4) is 0 Å². The fraction of sp³-hybridized carbons (Fsp3) is 0.438. The van der Waals surface area contributed by atoms with Crippen LogP contribution in [0.4, 0.5) is 0 Å². The molecule has 1 unspecified atom stereocenters. The van der Waals surface area contributed by atoms with Gasteiger partial charge in [-0.1, -0.05) is 35.3 Å². The number of rotatable bonds is 5. The second kappa shape index (κ2) is 6.82. The highest BCUT2D eigenvalue weighted by Gasteiger charge is 2.20. The van der Waals surface area contributed by atoms with Crippen LogP contribution in [0, 0.1) is 13.8 Å². The van der Waals surface area contributed by atoms with Gasteiger partial charge in [0.15, 0.2) is 0 Å². The maximum atomic E-state index is 6.42. The van der Waals surface area contributed by atoms with Gasteiger partial charge in [-0.3, -0.25) is 4.68 Å². The number of likely N-dealkylation sites (N-methyl/N-ethyl adjacent to an activating group) is 1. The Morgan fingerprint density at radius 2 is 2.00 bits per heavy atom. The predicted octanol–water partition coefficient (Wildman–Crippen LogP) is 4.33. The van der Waals surface area contributed by atoms with Gasteiger partial charge in [0.2, 0.25) is 0 Å². The third-order valence-corrected chi connectivity index (χ3v) is 4.78. The van der Waals surface area contributed by atoms with Crippen molar-refractivity contribution >= 4 is 23.2 Å². The molecule has 21 heavy (non-hydrogen) atoms. The van der Waals surface area contributed by atoms with Crippen LogP contribution in [0.5, 0.6) is 0 Å². The summed E-state index contributed by atoms with van der Waals surface area (Å²) in [7, 11) is 1.96. The van der Waals surface area contributed by atoms with Crippen molar-refractivity contribution in [2.75, 3.05) is 7.05 Å². The Labute approximate surface area is 136 Å². The van der Waals surface area contributed by atoms with Gasteiger partial charge in [0.25, 0.3) is 0 Å². The van der Waals surface area contributed by atoms with Gasteiger partial charge < -0.3 is 5.32 Å². The SMILES string of the molecule is CCn1nc(C)c(Cl)c1CC(NC)c1cccc(Cl)c1C. The molecule has 0 aliphatic rings. The minimum Gasteiger partial charge on any atom is -0.313 e. The summed E-state index contributed by atoms with van der Waals surface area (Å²) in [4.78, 5) is 0. The number of hydrogen-bond donors (Lipinski definition) is 1. The first-order valence-electron chi connectivity index (χ1n) is 7.13. The molecule has 0 aliphatic heterocycles. The van der Waals surface area contributed by atoms with Crippen molar-refractivity contribution in [3.63, 3.8) is 0 Å². The lowest BCUT2D eigenvalue weighted by Gasteiger charge is -2.20. The van der Waals surface area contributed by atoms with E-state index in [0.717, 1.165) is 40.0 Å². The number of nitrogens with zero attached hydrogens (tertiary/aromatic N) is 2. The van der Waals surface area contributed by atoms with Gasteiger partial charge in [-0.25, -0.2) is 0 Å². The minimum atomic E-state index is 0.155. The zero-order valence-electron chi connectivity index (χ0n) is 12.9. The summed E-state index contributed by atoms with van der Waals surface area (Å²) in [5, 5.41) is 9.40. The molecule has 0 bridgehead atoms. The zero-order chi connectivity index (χ0) is 15.6. The molecule has 0 amide bonds. The quantitative estimate of drug-likeness (QED) is 0.886. The standard InChI is InChI=1S/C16H21Cl2N3/c1-5-21-15(16(18)11(3)20-21)9-14(19-4)12-7-6-8-13(17)10(12)2/h6-8,14,19H,5,9H2,1-4H3. The molecule has 1 aromatic carbocycles. The normalized spacial score (nSPS) is 12.7. The van der Waals surface area contributed by atoms with Crippen LogP contribution < -0.4 is 5.32 Å². The lowest BCUT2D eigenvalue weighted by Crippen LogP contribution is -2.21. The van der Waals surface area contributed by atoms with Crippen LogP contribution in [0.2, 0.25) is 10.0 Å². The van der Waals surface area contributed by atoms with E-state index in [0.29, 0.717) is 0 Å². The fourth-order valence-electron chi connectivity index (χ4n) is 2.63. The van der Waals surface area contributed by atoms with Crippen molar-refractivity contribution in [2.45, 2.75) is 39.8 Å². The van der Waals surface area contributed by atoms with E-state index in [9.17, 15) is 0 Å². The molecule has 1 aromatic heterocycles. The van der Waals surface area contributed by atoms with Crippen molar-refractivity contribution in [2.24, 2.45) is 0 Å². The fourth-order valence-corrected chi connectivity index (χ4v) is 3.02. The molecule has 0 aliphatic carbocycles. The van der Waals surface area contributed by atoms with Gasteiger partial charge in [-0.15, -0.1) is 0 Å². The molecule has 0 saturated carbocycles. The van der Waals surface area contributed by atoms with Gasteiger partial charge in [-0.05, 0) is 45.0 Å². The van der Waals surface area contributed by atoms with Gasteiger partial charge in [0.1, 0.15) is 0 Å². The first kappa shape index (κ1) is 16.3. The maximum Gasteiger partial charge on any atom is 0.0847 e. The highest BCUT2D eigenvalue weighted by molar-refractivity contribution is 6.32. The molecule has 0 radical (unpaired) electrons. The van der Waals surface area contributed by atoms with E-state index in [2.05, 4.69) is 23.4 Å². The number of hydrogen-bond acceptors (Lipinski definition) is 2. The molecule has 114 valence electrons.